The molecular formula is C12H16ClNO4S. The highest BCUT2D eigenvalue weighted by Crippen LogP contribution is 2.32. The van der Waals surface area contributed by atoms with Gasteiger partial charge in [-0.25, -0.2) is 8.42 Å². The third-order valence-corrected chi connectivity index (χ3v) is 3.57. The second-order valence-electron chi connectivity index (χ2n) is 4.06. The number of sulfone groups is 1. The second kappa shape index (κ2) is 6.77. The molecule has 5 nitrogen and oxygen atoms in total. The monoisotopic (exact) mass is 305 g/mol. The van der Waals surface area contributed by atoms with E-state index in [-0.39, 0.29) is 17.3 Å². The van der Waals surface area contributed by atoms with Gasteiger partial charge in [0.15, 0.2) is 11.5 Å². The topological polar surface area (TPSA) is 76.0 Å². The number of benzene rings is 1. The first-order chi connectivity index (χ1) is 8.83. The summed E-state index contributed by atoms with van der Waals surface area (Å²) in [5, 5.41) is 10.3. The maximum atomic E-state index is 10.9. The van der Waals surface area contributed by atoms with Crippen molar-refractivity contribution in [1.29, 1.82) is 0 Å². The molecule has 0 aromatic heterocycles. The number of methoxy groups -OCH3 is 1. The van der Waals surface area contributed by atoms with Crippen molar-refractivity contribution in [3.63, 3.8) is 0 Å². The van der Waals surface area contributed by atoms with Gasteiger partial charge in [0.1, 0.15) is 9.84 Å². The molecule has 0 saturated heterocycles. The molecule has 0 unspecified atom stereocenters. The fourth-order valence-corrected chi connectivity index (χ4v) is 2.30. The average molecular weight is 306 g/mol. The number of rotatable bonds is 6. The van der Waals surface area contributed by atoms with E-state index in [2.05, 4.69) is 4.99 Å². The maximum absolute atomic E-state index is 10.9. The number of phenols is 1. The molecule has 0 aliphatic rings. The zero-order chi connectivity index (χ0) is 14.5. The predicted molar refractivity (Wildman–Crippen MR) is 76.5 cm³/mol. The van der Waals surface area contributed by atoms with Crippen LogP contribution in [0.5, 0.6) is 11.5 Å². The Labute approximate surface area is 117 Å². The van der Waals surface area contributed by atoms with Crippen molar-refractivity contribution < 1.29 is 18.3 Å². The first-order valence-corrected chi connectivity index (χ1v) is 8.01. The van der Waals surface area contributed by atoms with Crippen LogP contribution in [-0.4, -0.2) is 45.4 Å². The van der Waals surface area contributed by atoms with Crippen LogP contribution >= 0.6 is 11.6 Å². The van der Waals surface area contributed by atoms with Crippen LogP contribution in [0, 0.1) is 0 Å². The lowest BCUT2D eigenvalue weighted by atomic mass is 10.2. The Bertz CT molecular complexity index is 569. The number of halogens is 1. The van der Waals surface area contributed by atoms with Crippen molar-refractivity contribution in [3.8, 4) is 11.5 Å². The Balaban J connectivity index is 2.69. The zero-order valence-electron chi connectivity index (χ0n) is 10.8. The van der Waals surface area contributed by atoms with Crippen LogP contribution in [0.4, 0.5) is 0 Å². The molecule has 1 aromatic rings. The van der Waals surface area contributed by atoms with Crippen molar-refractivity contribution in [1.82, 2.24) is 0 Å². The third-order valence-electron chi connectivity index (χ3n) is 2.32. The van der Waals surface area contributed by atoms with E-state index < -0.39 is 9.84 Å². The van der Waals surface area contributed by atoms with Crippen molar-refractivity contribution in [2.24, 2.45) is 4.99 Å². The van der Waals surface area contributed by atoms with Crippen LogP contribution in [0.25, 0.3) is 0 Å². The van der Waals surface area contributed by atoms with Crippen LogP contribution in [0.15, 0.2) is 17.1 Å². The minimum Gasteiger partial charge on any atom is -0.504 e. The van der Waals surface area contributed by atoms with Crippen LogP contribution in [-0.2, 0) is 9.84 Å². The standard InChI is InChI=1S/C12H16ClNO4S/c1-18-11-7-10(13)6-9(12(11)15)8-14-4-3-5-19(2,16)17/h6-8,15H,3-5H2,1-2H3. The van der Waals surface area contributed by atoms with Gasteiger partial charge in [0, 0.05) is 35.7 Å². The maximum Gasteiger partial charge on any atom is 0.166 e. The van der Waals surface area contributed by atoms with Gasteiger partial charge in [0.2, 0.25) is 0 Å². The minimum absolute atomic E-state index is 0.0428. The van der Waals surface area contributed by atoms with E-state index in [1.807, 2.05) is 0 Å². The highest BCUT2D eigenvalue weighted by molar-refractivity contribution is 7.90. The Morgan fingerprint density at radius 1 is 1.47 bits per heavy atom. The quantitative estimate of drug-likeness (QED) is 0.643. The van der Waals surface area contributed by atoms with Gasteiger partial charge in [-0.1, -0.05) is 11.6 Å². The van der Waals surface area contributed by atoms with Crippen LogP contribution in [0.1, 0.15) is 12.0 Å². The van der Waals surface area contributed by atoms with Gasteiger partial charge in [0.05, 0.1) is 12.9 Å². The van der Waals surface area contributed by atoms with E-state index in [9.17, 15) is 13.5 Å². The lowest BCUT2D eigenvalue weighted by molar-refractivity contribution is 0.373. The van der Waals surface area contributed by atoms with Gasteiger partial charge in [-0.05, 0) is 12.5 Å². The smallest absolute Gasteiger partial charge is 0.166 e. The summed E-state index contributed by atoms with van der Waals surface area (Å²) in [6.07, 6.45) is 3.07. The van der Waals surface area contributed by atoms with Gasteiger partial charge in [-0.2, -0.15) is 0 Å². The molecule has 1 N–H and O–H groups in total. The molecule has 1 aromatic carbocycles. The average Bonchev–Trinajstić information content (AvgIpc) is 2.31. The summed E-state index contributed by atoms with van der Waals surface area (Å²) in [7, 11) is -1.53. The first kappa shape index (κ1) is 15.8. The number of aliphatic imine (C=N–C) groups is 1. The molecule has 0 radical (unpaired) electrons. The van der Waals surface area contributed by atoms with Gasteiger partial charge >= 0.3 is 0 Å². The van der Waals surface area contributed by atoms with E-state index in [1.54, 1.807) is 6.07 Å². The number of ether oxygens (including phenoxy) is 1. The molecule has 0 saturated carbocycles. The Morgan fingerprint density at radius 2 is 2.16 bits per heavy atom. The number of aromatic hydroxyl groups is 1. The van der Waals surface area contributed by atoms with Crippen molar-refractivity contribution >= 4 is 27.7 Å². The Kier molecular flexibility index (Phi) is 5.62. The first-order valence-electron chi connectivity index (χ1n) is 5.57. The van der Waals surface area contributed by atoms with E-state index in [0.29, 0.717) is 23.6 Å². The van der Waals surface area contributed by atoms with Gasteiger partial charge in [-0.3, -0.25) is 4.99 Å². The highest BCUT2D eigenvalue weighted by Gasteiger charge is 2.08. The van der Waals surface area contributed by atoms with E-state index in [1.165, 1.54) is 25.6 Å². The fraction of sp³-hybridized carbons (Fsp3) is 0.417. The molecule has 0 heterocycles. The van der Waals surface area contributed by atoms with Gasteiger partial charge in [0.25, 0.3) is 0 Å². The van der Waals surface area contributed by atoms with Crippen molar-refractivity contribution in [2.75, 3.05) is 25.7 Å². The summed E-state index contributed by atoms with van der Waals surface area (Å²) in [6.45, 7) is 0.362. The van der Waals surface area contributed by atoms with E-state index in [4.69, 9.17) is 16.3 Å². The summed E-state index contributed by atoms with van der Waals surface area (Å²) in [6, 6.07) is 3.05. The number of hydrogen-bond acceptors (Lipinski definition) is 5. The summed E-state index contributed by atoms with van der Waals surface area (Å²) in [4.78, 5) is 4.06. The highest BCUT2D eigenvalue weighted by atomic mass is 35.5. The van der Waals surface area contributed by atoms with Crippen molar-refractivity contribution in [2.45, 2.75) is 6.42 Å². The van der Waals surface area contributed by atoms with Crippen LogP contribution < -0.4 is 4.74 Å². The summed E-state index contributed by atoms with van der Waals surface area (Å²) in [5.41, 5.74) is 0.434. The molecule has 106 valence electrons. The summed E-state index contributed by atoms with van der Waals surface area (Å²) < 4.78 is 26.8. The molecule has 0 amide bonds. The zero-order valence-corrected chi connectivity index (χ0v) is 12.3. The Hall–Kier alpha value is -1.27. The lowest BCUT2D eigenvalue weighted by Gasteiger charge is -2.06. The molecule has 19 heavy (non-hydrogen) atoms. The third kappa shape index (κ3) is 5.48. The SMILES string of the molecule is COc1cc(Cl)cc(C=NCCCS(C)(=O)=O)c1O. The normalized spacial score (nSPS) is 11.9. The largest absolute Gasteiger partial charge is 0.504 e. The molecule has 0 aliphatic heterocycles. The molecule has 1 rings (SSSR count). The molecule has 0 spiro atoms. The predicted octanol–water partition coefficient (Wildman–Crippen LogP) is 1.91. The van der Waals surface area contributed by atoms with Gasteiger partial charge in [-0.15, -0.1) is 0 Å². The van der Waals surface area contributed by atoms with Crippen molar-refractivity contribution in [3.05, 3.63) is 22.7 Å². The molecular weight excluding hydrogens is 290 g/mol. The lowest BCUT2D eigenvalue weighted by Crippen LogP contribution is -2.04. The number of phenolic OH excluding ortho intramolecular Hbond substituents is 1. The Morgan fingerprint density at radius 3 is 2.74 bits per heavy atom. The molecule has 7 heteroatoms. The number of hydrogen-bond donors (Lipinski definition) is 1. The summed E-state index contributed by atoms with van der Waals surface area (Å²) >= 11 is 5.87. The fourth-order valence-electron chi connectivity index (χ4n) is 1.43. The summed E-state index contributed by atoms with van der Waals surface area (Å²) in [5.74, 6) is 0.318. The minimum atomic E-state index is -2.96. The van der Waals surface area contributed by atoms with Gasteiger partial charge < -0.3 is 9.84 Å². The molecule has 0 aliphatic carbocycles. The molecule has 0 atom stereocenters. The second-order valence-corrected chi connectivity index (χ2v) is 6.76. The van der Waals surface area contributed by atoms with E-state index >= 15 is 0 Å². The number of nitrogens with zero attached hydrogens (tertiary/aromatic N) is 1. The molecule has 0 bridgehead atoms. The molecule has 0 fully saturated rings. The van der Waals surface area contributed by atoms with E-state index in [0.717, 1.165) is 0 Å². The van der Waals surface area contributed by atoms with Crippen LogP contribution in [0.3, 0.4) is 0 Å². The van der Waals surface area contributed by atoms with Crippen LogP contribution in [0.2, 0.25) is 5.02 Å².